The molecule has 96 valence electrons. The van der Waals surface area contributed by atoms with Crippen molar-refractivity contribution in [2.45, 2.75) is 32.8 Å². The van der Waals surface area contributed by atoms with Crippen molar-refractivity contribution in [2.24, 2.45) is 0 Å². The van der Waals surface area contributed by atoms with Crippen LogP contribution in [0.2, 0.25) is 0 Å². The van der Waals surface area contributed by atoms with Gasteiger partial charge in [0, 0.05) is 19.2 Å². The first-order valence-corrected chi connectivity index (χ1v) is 5.91. The van der Waals surface area contributed by atoms with E-state index in [1.54, 1.807) is 12.1 Å². The zero-order valence-electron chi connectivity index (χ0n) is 10.6. The molecule has 18 heavy (non-hydrogen) atoms. The zero-order valence-corrected chi connectivity index (χ0v) is 10.6. The molecule has 0 unspecified atom stereocenters. The lowest BCUT2D eigenvalue weighted by molar-refractivity contribution is -0.147. The summed E-state index contributed by atoms with van der Waals surface area (Å²) in [5, 5.41) is 11.7. The van der Waals surface area contributed by atoms with Crippen LogP contribution >= 0.6 is 0 Å². The van der Waals surface area contributed by atoms with E-state index in [-0.39, 0.29) is 12.1 Å². The van der Waals surface area contributed by atoms with Gasteiger partial charge >= 0.3 is 5.97 Å². The Hall–Kier alpha value is -2.09. The monoisotopic (exact) mass is 247 g/mol. The summed E-state index contributed by atoms with van der Waals surface area (Å²) in [6, 6.07) is 5.44. The summed E-state index contributed by atoms with van der Waals surface area (Å²) in [6.07, 6.45) is 2.52. The summed E-state index contributed by atoms with van der Waals surface area (Å²) < 4.78 is 5.01. The number of hydrogen-bond acceptors (Lipinski definition) is 5. The third-order valence-electron chi connectivity index (χ3n) is 2.12. The smallest absolute Gasteiger partial charge is 0.306 e. The van der Waals surface area contributed by atoms with Gasteiger partial charge in [-0.15, -0.1) is 0 Å². The van der Waals surface area contributed by atoms with E-state index in [4.69, 9.17) is 10.00 Å². The van der Waals surface area contributed by atoms with Gasteiger partial charge in [-0.25, -0.2) is 4.98 Å². The Bertz CT molecular complexity index is 421. The van der Waals surface area contributed by atoms with Crippen LogP contribution < -0.4 is 5.32 Å². The average Bonchev–Trinajstić information content (AvgIpc) is 2.34. The highest BCUT2D eigenvalue weighted by Crippen LogP contribution is 2.04. The van der Waals surface area contributed by atoms with E-state index < -0.39 is 0 Å². The number of rotatable bonds is 6. The minimum atomic E-state index is -0.181. The summed E-state index contributed by atoms with van der Waals surface area (Å²) in [5.41, 5.74) is 0.529. The second kappa shape index (κ2) is 7.28. The molecule has 0 amide bonds. The zero-order chi connectivity index (χ0) is 13.4. The third-order valence-corrected chi connectivity index (χ3v) is 2.12. The average molecular weight is 247 g/mol. The Morgan fingerprint density at radius 2 is 2.33 bits per heavy atom. The van der Waals surface area contributed by atoms with Crippen molar-refractivity contribution in [1.82, 2.24) is 4.98 Å². The first-order valence-electron chi connectivity index (χ1n) is 5.91. The quantitative estimate of drug-likeness (QED) is 0.615. The van der Waals surface area contributed by atoms with Crippen LogP contribution in [-0.2, 0) is 9.53 Å². The molecule has 5 heteroatoms. The van der Waals surface area contributed by atoms with Gasteiger partial charge in [0.05, 0.1) is 11.7 Å². The van der Waals surface area contributed by atoms with Crippen LogP contribution in [0.15, 0.2) is 18.3 Å². The second-order valence-corrected chi connectivity index (χ2v) is 4.11. The first-order chi connectivity index (χ1) is 8.61. The Balaban J connectivity index is 2.21. The maximum Gasteiger partial charge on any atom is 0.306 e. The fourth-order valence-corrected chi connectivity index (χ4v) is 1.34. The highest BCUT2D eigenvalue weighted by Gasteiger charge is 2.04. The fraction of sp³-hybridized carbons (Fsp3) is 0.462. The normalized spacial score (nSPS) is 9.89. The van der Waals surface area contributed by atoms with E-state index in [9.17, 15) is 4.79 Å². The van der Waals surface area contributed by atoms with Crippen molar-refractivity contribution < 1.29 is 9.53 Å². The summed E-state index contributed by atoms with van der Waals surface area (Å²) in [7, 11) is 0. The molecule has 0 saturated heterocycles. The van der Waals surface area contributed by atoms with Gasteiger partial charge < -0.3 is 10.1 Å². The van der Waals surface area contributed by atoms with E-state index in [0.29, 0.717) is 30.8 Å². The predicted octanol–water partition coefficient (Wildman–Crippen LogP) is 2.10. The Labute approximate surface area is 107 Å². The van der Waals surface area contributed by atoms with Gasteiger partial charge in [0.1, 0.15) is 11.9 Å². The van der Waals surface area contributed by atoms with Gasteiger partial charge in [-0.05, 0) is 32.4 Å². The number of ether oxygens (including phenoxy) is 1. The maximum absolute atomic E-state index is 11.2. The summed E-state index contributed by atoms with van der Waals surface area (Å²) in [6.45, 7) is 4.31. The molecule has 0 saturated carbocycles. The molecule has 0 radical (unpaired) electrons. The van der Waals surface area contributed by atoms with E-state index >= 15 is 0 Å². The lowest BCUT2D eigenvalue weighted by Crippen LogP contribution is -2.13. The number of nitrogens with zero attached hydrogens (tertiary/aromatic N) is 2. The molecular formula is C13H17N3O2. The number of nitrogens with one attached hydrogen (secondary N) is 1. The summed E-state index contributed by atoms with van der Waals surface area (Å²) in [5.74, 6) is 0.519. The van der Waals surface area contributed by atoms with Crippen LogP contribution in [0.3, 0.4) is 0 Å². The Morgan fingerprint density at radius 1 is 1.56 bits per heavy atom. The number of carbonyl (C=O) groups excluding carboxylic acids is 1. The van der Waals surface area contributed by atoms with Crippen molar-refractivity contribution >= 4 is 11.8 Å². The summed E-state index contributed by atoms with van der Waals surface area (Å²) in [4.78, 5) is 15.3. The van der Waals surface area contributed by atoms with Crippen LogP contribution in [0, 0.1) is 11.3 Å². The van der Waals surface area contributed by atoms with Crippen molar-refractivity contribution in [3.8, 4) is 6.07 Å². The van der Waals surface area contributed by atoms with Crippen molar-refractivity contribution in [1.29, 1.82) is 5.26 Å². The molecule has 1 N–H and O–H groups in total. The summed E-state index contributed by atoms with van der Waals surface area (Å²) >= 11 is 0. The van der Waals surface area contributed by atoms with Crippen molar-refractivity contribution in [2.75, 3.05) is 11.9 Å². The van der Waals surface area contributed by atoms with Gasteiger partial charge in [0.2, 0.25) is 0 Å². The molecule has 5 nitrogen and oxygen atoms in total. The number of anilines is 1. The van der Waals surface area contributed by atoms with Crippen LogP contribution in [0.4, 0.5) is 5.82 Å². The topological polar surface area (TPSA) is 75.0 Å². The van der Waals surface area contributed by atoms with E-state index in [1.807, 2.05) is 19.9 Å². The minimum absolute atomic E-state index is 0.0642. The van der Waals surface area contributed by atoms with E-state index in [0.717, 1.165) is 0 Å². The van der Waals surface area contributed by atoms with Gasteiger partial charge in [0.15, 0.2) is 0 Å². The molecule has 0 aliphatic carbocycles. The number of aromatic nitrogens is 1. The number of pyridine rings is 1. The molecule has 0 aromatic carbocycles. The SMILES string of the molecule is CC(C)OC(=O)CCCNc1ccc(C#N)cn1. The van der Waals surface area contributed by atoms with Crippen molar-refractivity contribution in [3.63, 3.8) is 0 Å². The fourth-order valence-electron chi connectivity index (χ4n) is 1.34. The first kappa shape index (κ1) is 14.0. The van der Waals surface area contributed by atoms with Gasteiger partial charge in [0.25, 0.3) is 0 Å². The lowest BCUT2D eigenvalue weighted by atomic mass is 10.3. The predicted molar refractivity (Wildman–Crippen MR) is 67.9 cm³/mol. The van der Waals surface area contributed by atoms with E-state index in [1.165, 1.54) is 6.20 Å². The molecular weight excluding hydrogens is 230 g/mol. The highest BCUT2D eigenvalue weighted by atomic mass is 16.5. The van der Waals surface area contributed by atoms with Crippen LogP contribution in [0.25, 0.3) is 0 Å². The number of hydrogen-bond donors (Lipinski definition) is 1. The largest absolute Gasteiger partial charge is 0.463 e. The highest BCUT2D eigenvalue weighted by molar-refractivity contribution is 5.69. The van der Waals surface area contributed by atoms with E-state index in [2.05, 4.69) is 10.3 Å². The van der Waals surface area contributed by atoms with Crippen LogP contribution in [-0.4, -0.2) is 23.6 Å². The van der Waals surface area contributed by atoms with Gasteiger partial charge in [-0.1, -0.05) is 0 Å². The standard InChI is InChI=1S/C13H17N3O2/c1-10(2)18-13(17)4-3-7-15-12-6-5-11(8-14)9-16-12/h5-6,9-10H,3-4,7H2,1-2H3,(H,15,16). The molecule has 0 aliphatic rings. The third kappa shape index (κ3) is 5.30. The Kier molecular flexibility index (Phi) is 5.65. The molecule has 1 heterocycles. The van der Waals surface area contributed by atoms with Crippen LogP contribution in [0.5, 0.6) is 0 Å². The van der Waals surface area contributed by atoms with Crippen molar-refractivity contribution in [3.05, 3.63) is 23.9 Å². The molecule has 0 fully saturated rings. The molecule has 0 aliphatic heterocycles. The molecule has 0 atom stereocenters. The maximum atomic E-state index is 11.2. The molecule has 0 spiro atoms. The number of carbonyl (C=O) groups is 1. The van der Waals surface area contributed by atoms with Crippen LogP contribution in [0.1, 0.15) is 32.3 Å². The van der Waals surface area contributed by atoms with Gasteiger partial charge in [-0.3, -0.25) is 4.79 Å². The molecule has 1 aromatic rings. The number of esters is 1. The minimum Gasteiger partial charge on any atom is -0.463 e. The van der Waals surface area contributed by atoms with Gasteiger partial charge in [-0.2, -0.15) is 5.26 Å². The Morgan fingerprint density at radius 3 is 2.89 bits per heavy atom. The molecule has 1 aromatic heterocycles. The number of nitriles is 1. The second-order valence-electron chi connectivity index (χ2n) is 4.11. The molecule has 0 bridgehead atoms. The molecule has 1 rings (SSSR count). The lowest BCUT2D eigenvalue weighted by Gasteiger charge is -2.08.